The smallest absolute Gasteiger partial charge is 0.258 e. The van der Waals surface area contributed by atoms with E-state index in [-0.39, 0.29) is 11.8 Å². The van der Waals surface area contributed by atoms with E-state index in [1.54, 1.807) is 0 Å². The summed E-state index contributed by atoms with van der Waals surface area (Å²) in [5.74, 6) is -0.518. The molecule has 2 rings (SSSR count). The minimum Gasteiger partial charge on any atom is -0.269 e. The van der Waals surface area contributed by atoms with Crippen LogP contribution in [0.5, 0.6) is 0 Å². The van der Waals surface area contributed by atoms with Gasteiger partial charge in [-0.3, -0.25) is 9.59 Å². The van der Waals surface area contributed by atoms with E-state index in [2.05, 4.69) is 0 Å². The number of rotatable bonds is 2. The molecular formula is C13H13NO2. The van der Waals surface area contributed by atoms with E-state index >= 15 is 0 Å². The molecule has 0 aliphatic carbocycles. The molecule has 0 spiro atoms. The fourth-order valence-corrected chi connectivity index (χ4v) is 1.82. The molecule has 16 heavy (non-hydrogen) atoms. The van der Waals surface area contributed by atoms with Gasteiger partial charge in [0.25, 0.3) is 11.8 Å². The second kappa shape index (κ2) is 3.93. The maximum absolute atomic E-state index is 11.6. The highest BCUT2D eigenvalue weighted by Crippen LogP contribution is 2.25. The summed E-state index contributed by atoms with van der Waals surface area (Å²) >= 11 is 0. The number of aryl methyl sites for hydroxylation is 2. The number of benzene rings is 1. The first-order chi connectivity index (χ1) is 7.63. The predicted molar refractivity (Wildman–Crippen MR) is 62.2 cm³/mol. The van der Waals surface area contributed by atoms with Crippen LogP contribution in [0.4, 0.5) is 5.69 Å². The van der Waals surface area contributed by atoms with Crippen molar-refractivity contribution in [1.29, 1.82) is 0 Å². The van der Waals surface area contributed by atoms with Gasteiger partial charge in [-0.05, 0) is 30.5 Å². The zero-order valence-electron chi connectivity index (χ0n) is 9.36. The van der Waals surface area contributed by atoms with Crippen molar-refractivity contribution in [3.05, 3.63) is 41.5 Å². The van der Waals surface area contributed by atoms with Gasteiger partial charge in [0.05, 0.1) is 5.69 Å². The van der Waals surface area contributed by atoms with Crippen molar-refractivity contribution in [2.45, 2.75) is 20.3 Å². The van der Waals surface area contributed by atoms with Crippen molar-refractivity contribution < 1.29 is 9.59 Å². The molecule has 1 aliphatic rings. The number of amides is 2. The van der Waals surface area contributed by atoms with Crippen LogP contribution in [0.15, 0.2) is 30.4 Å². The Bertz CT molecular complexity index is 471. The van der Waals surface area contributed by atoms with Gasteiger partial charge >= 0.3 is 0 Å². The summed E-state index contributed by atoms with van der Waals surface area (Å²) in [5, 5.41) is 0. The van der Waals surface area contributed by atoms with Crippen molar-refractivity contribution in [3.8, 4) is 0 Å². The van der Waals surface area contributed by atoms with Crippen molar-refractivity contribution >= 4 is 17.5 Å². The van der Waals surface area contributed by atoms with E-state index in [1.165, 1.54) is 17.1 Å². The monoisotopic (exact) mass is 215 g/mol. The lowest BCUT2D eigenvalue weighted by molar-refractivity contribution is -0.119. The third-order valence-corrected chi connectivity index (χ3v) is 2.67. The van der Waals surface area contributed by atoms with E-state index in [1.807, 2.05) is 32.0 Å². The zero-order chi connectivity index (χ0) is 11.7. The van der Waals surface area contributed by atoms with Gasteiger partial charge in [-0.2, -0.15) is 0 Å². The molecule has 0 aromatic heterocycles. The molecule has 82 valence electrons. The Morgan fingerprint density at radius 3 is 2.31 bits per heavy atom. The van der Waals surface area contributed by atoms with Crippen molar-refractivity contribution in [2.75, 3.05) is 4.90 Å². The lowest BCUT2D eigenvalue weighted by Gasteiger charge is -2.18. The third kappa shape index (κ3) is 1.65. The standard InChI is InChI=1S/C13H13NO2/c1-3-10-5-4-9(2)8-11(10)14-12(15)6-7-13(14)16/h4-8H,3H2,1-2H3. The lowest BCUT2D eigenvalue weighted by Crippen LogP contribution is -2.30. The molecule has 1 aliphatic heterocycles. The van der Waals surface area contributed by atoms with Crippen LogP contribution < -0.4 is 4.90 Å². The molecular weight excluding hydrogens is 202 g/mol. The van der Waals surface area contributed by atoms with Crippen molar-refractivity contribution in [2.24, 2.45) is 0 Å². The maximum atomic E-state index is 11.6. The molecule has 3 heteroatoms. The van der Waals surface area contributed by atoms with Crippen LogP contribution in [0.25, 0.3) is 0 Å². The van der Waals surface area contributed by atoms with Crippen LogP contribution in [-0.4, -0.2) is 11.8 Å². The van der Waals surface area contributed by atoms with Crippen molar-refractivity contribution in [3.63, 3.8) is 0 Å². The number of hydrogen-bond acceptors (Lipinski definition) is 2. The Kier molecular flexibility index (Phi) is 2.60. The summed E-state index contributed by atoms with van der Waals surface area (Å²) in [6, 6.07) is 5.83. The van der Waals surface area contributed by atoms with Crippen LogP contribution in [0.3, 0.4) is 0 Å². The van der Waals surface area contributed by atoms with Crippen LogP contribution in [0.2, 0.25) is 0 Å². The highest BCUT2D eigenvalue weighted by molar-refractivity contribution is 6.28. The molecule has 0 N–H and O–H groups in total. The van der Waals surface area contributed by atoms with E-state index < -0.39 is 0 Å². The molecule has 1 heterocycles. The highest BCUT2D eigenvalue weighted by atomic mass is 16.2. The first-order valence-corrected chi connectivity index (χ1v) is 5.29. The normalized spacial score (nSPS) is 15.0. The summed E-state index contributed by atoms with van der Waals surface area (Å²) in [6.45, 7) is 3.95. The number of carbonyl (C=O) groups excluding carboxylic acids is 2. The second-order valence-electron chi connectivity index (χ2n) is 3.83. The fraction of sp³-hybridized carbons (Fsp3) is 0.231. The average Bonchev–Trinajstić information content (AvgIpc) is 2.58. The molecule has 2 amide bonds. The first-order valence-electron chi connectivity index (χ1n) is 5.29. The Balaban J connectivity index is 2.51. The zero-order valence-corrected chi connectivity index (χ0v) is 9.36. The van der Waals surface area contributed by atoms with Gasteiger partial charge in [0, 0.05) is 12.2 Å². The van der Waals surface area contributed by atoms with Crippen LogP contribution >= 0.6 is 0 Å². The molecule has 0 atom stereocenters. The first kappa shape index (κ1) is 10.6. The molecule has 0 saturated heterocycles. The summed E-state index contributed by atoms with van der Waals surface area (Å²) in [4.78, 5) is 24.4. The Labute approximate surface area is 94.4 Å². The minimum atomic E-state index is -0.259. The molecule has 3 nitrogen and oxygen atoms in total. The molecule has 1 aromatic carbocycles. The van der Waals surface area contributed by atoms with E-state index in [9.17, 15) is 9.59 Å². The number of imide groups is 1. The van der Waals surface area contributed by atoms with E-state index in [0.29, 0.717) is 5.69 Å². The number of nitrogens with zero attached hydrogens (tertiary/aromatic N) is 1. The second-order valence-corrected chi connectivity index (χ2v) is 3.83. The van der Waals surface area contributed by atoms with Crippen LogP contribution in [0, 0.1) is 6.92 Å². The molecule has 0 fully saturated rings. The third-order valence-electron chi connectivity index (χ3n) is 2.67. The molecule has 0 bridgehead atoms. The Hall–Kier alpha value is -1.90. The molecule has 0 unspecified atom stereocenters. The van der Waals surface area contributed by atoms with Crippen molar-refractivity contribution in [1.82, 2.24) is 0 Å². The van der Waals surface area contributed by atoms with Gasteiger partial charge in [0.1, 0.15) is 0 Å². The molecule has 0 saturated carbocycles. The Morgan fingerprint density at radius 2 is 1.75 bits per heavy atom. The summed E-state index contributed by atoms with van der Waals surface area (Å²) in [5.41, 5.74) is 2.76. The summed E-state index contributed by atoms with van der Waals surface area (Å²) < 4.78 is 0. The SMILES string of the molecule is CCc1ccc(C)cc1N1C(=O)C=CC1=O. The Morgan fingerprint density at radius 1 is 1.12 bits per heavy atom. The van der Waals surface area contributed by atoms with Gasteiger partial charge in [-0.25, -0.2) is 4.90 Å². The number of carbonyl (C=O) groups is 2. The van der Waals surface area contributed by atoms with Crippen LogP contribution in [-0.2, 0) is 16.0 Å². The molecule has 1 aromatic rings. The van der Waals surface area contributed by atoms with Crippen LogP contribution in [0.1, 0.15) is 18.1 Å². The fourth-order valence-electron chi connectivity index (χ4n) is 1.82. The molecule has 0 radical (unpaired) electrons. The average molecular weight is 215 g/mol. The maximum Gasteiger partial charge on any atom is 0.258 e. The summed E-state index contributed by atoms with van der Waals surface area (Å²) in [6.07, 6.45) is 3.42. The van der Waals surface area contributed by atoms with Gasteiger partial charge in [-0.15, -0.1) is 0 Å². The number of hydrogen-bond donors (Lipinski definition) is 0. The summed E-state index contributed by atoms with van der Waals surface area (Å²) in [7, 11) is 0. The van der Waals surface area contributed by atoms with E-state index in [4.69, 9.17) is 0 Å². The quantitative estimate of drug-likeness (QED) is 0.707. The topological polar surface area (TPSA) is 37.4 Å². The predicted octanol–water partition coefficient (Wildman–Crippen LogP) is 1.99. The van der Waals surface area contributed by atoms with Gasteiger partial charge in [0.15, 0.2) is 0 Å². The minimum absolute atomic E-state index is 0.259. The van der Waals surface area contributed by atoms with Gasteiger partial charge in [-0.1, -0.05) is 19.1 Å². The highest BCUT2D eigenvalue weighted by Gasteiger charge is 2.26. The van der Waals surface area contributed by atoms with E-state index in [0.717, 1.165) is 17.5 Å². The van der Waals surface area contributed by atoms with Gasteiger partial charge < -0.3 is 0 Å². The lowest BCUT2D eigenvalue weighted by atomic mass is 10.1. The number of anilines is 1. The van der Waals surface area contributed by atoms with Gasteiger partial charge in [0.2, 0.25) is 0 Å². The largest absolute Gasteiger partial charge is 0.269 e.